The minimum atomic E-state index is -0.431. The van der Waals surface area contributed by atoms with E-state index in [9.17, 15) is 9.59 Å². The number of hydrogen-bond acceptors (Lipinski definition) is 4. The van der Waals surface area contributed by atoms with Crippen molar-refractivity contribution in [3.05, 3.63) is 0 Å². The van der Waals surface area contributed by atoms with Crippen LogP contribution in [0.5, 0.6) is 0 Å². The molecular weight excluding hydrogens is 256 g/mol. The molecule has 0 bridgehead atoms. The fraction of sp³-hybridized carbons (Fsp3) is 0.857. The number of carbonyl (C=O) groups excluding carboxylic acids is 2. The van der Waals surface area contributed by atoms with Crippen molar-refractivity contribution in [2.45, 2.75) is 45.1 Å². The Balaban J connectivity index is 2.80. The van der Waals surface area contributed by atoms with Gasteiger partial charge < -0.3 is 17.2 Å². The van der Waals surface area contributed by atoms with Gasteiger partial charge in [0.2, 0.25) is 11.8 Å². The van der Waals surface area contributed by atoms with E-state index < -0.39 is 11.8 Å². The van der Waals surface area contributed by atoms with E-state index in [1.165, 1.54) is 12.8 Å². The van der Waals surface area contributed by atoms with Crippen LogP contribution in [0.1, 0.15) is 39.0 Å². The highest BCUT2D eigenvalue weighted by molar-refractivity contribution is 5.79. The van der Waals surface area contributed by atoms with Crippen LogP contribution in [0, 0.1) is 11.8 Å². The van der Waals surface area contributed by atoms with E-state index in [1.54, 1.807) is 0 Å². The first kappa shape index (κ1) is 16.9. The van der Waals surface area contributed by atoms with Crippen molar-refractivity contribution < 1.29 is 9.59 Å². The van der Waals surface area contributed by atoms with Crippen LogP contribution >= 0.6 is 0 Å². The Hall–Kier alpha value is -1.14. The van der Waals surface area contributed by atoms with Gasteiger partial charge in [0.25, 0.3) is 0 Å². The first-order valence-corrected chi connectivity index (χ1v) is 7.48. The number of rotatable bonds is 8. The van der Waals surface area contributed by atoms with Crippen molar-refractivity contribution >= 4 is 11.8 Å². The van der Waals surface area contributed by atoms with Crippen LogP contribution in [0.3, 0.4) is 0 Å². The lowest BCUT2D eigenvalue weighted by molar-refractivity contribution is -0.124. The molecule has 0 aromatic carbocycles. The molecular formula is C14H28N4O2. The summed E-state index contributed by atoms with van der Waals surface area (Å²) >= 11 is 0. The summed E-state index contributed by atoms with van der Waals surface area (Å²) in [6.07, 6.45) is 5.51. The quantitative estimate of drug-likeness (QED) is 0.572. The van der Waals surface area contributed by atoms with Crippen LogP contribution in [0.2, 0.25) is 0 Å². The molecule has 0 aliphatic heterocycles. The summed E-state index contributed by atoms with van der Waals surface area (Å²) in [4.78, 5) is 24.3. The van der Waals surface area contributed by atoms with Gasteiger partial charge in [0.15, 0.2) is 0 Å². The van der Waals surface area contributed by atoms with E-state index in [1.807, 2.05) is 4.90 Å². The highest BCUT2D eigenvalue weighted by Gasteiger charge is 2.34. The molecule has 116 valence electrons. The molecule has 20 heavy (non-hydrogen) atoms. The SMILES string of the molecule is CCCC1CCC(CN)C(N(CC(N)=O)CC(N)=O)C1. The monoisotopic (exact) mass is 284 g/mol. The maximum Gasteiger partial charge on any atom is 0.231 e. The molecule has 1 fully saturated rings. The van der Waals surface area contributed by atoms with Gasteiger partial charge in [0.1, 0.15) is 0 Å². The first-order valence-electron chi connectivity index (χ1n) is 7.48. The average Bonchev–Trinajstić information content (AvgIpc) is 2.37. The largest absolute Gasteiger partial charge is 0.369 e. The molecule has 6 nitrogen and oxygen atoms in total. The van der Waals surface area contributed by atoms with Crippen LogP contribution in [0.25, 0.3) is 0 Å². The molecule has 3 unspecified atom stereocenters. The van der Waals surface area contributed by atoms with Gasteiger partial charge in [0.05, 0.1) is 13.1 Å². The summed E-state index contributed by atoms with van der Waals surface area (Å²) in [5.41, 5.74) is 16.4. The van der Waals surface area contributed by atoms with Gasteiger partial charge in [-0.2, -0.15) is 0 Å². The lowest BCUT2D eigenvalue weighted by Crippen LogP contribution is -2.52. The minimum absolute atomic E-state index is 0.0724. The summed E-state index contributed by atoms with van der Waals surface area (Å²) < 4.78 is 0. The van der Waals surface area contributed by atoms with Crippen LogP contribution in [-0.4, -0.2) is 42.4 Å². The van der Waals surface area contributed by atoms with Gasteiger partial charge in [-0.1, -0.05) is 26.2 Å². The van der Waals surface area contributed by atoms with Crippen molar-refractivity contribution in [1.29, 1.82) is 0 Å². The summed E-state index contributed by atoms with van der Waals surface area (Å²) in [7, 11) is 0. The number of nitrogens with two attached hydrogens (primary N) is 3. The number of hydrogen-bond donors (Lipinski definition) is 3. The Morgan fingerprint density at radius 2 is 1.75 bits per heavy atom. The van der Waals surface area contributed by atoms with Gasteiger partial charge in [0, 0.05) is 6.04 Å². The van der Waals surface area contributed by atoms with Crippen LogP contribution < -0.4 is 17.2 Å². The standard InChI is InChI=1S/C14H28N4O2/c1-2-3-10-4-5-11(7-15)12(6-10)18(8-13(16)19)9-14(17)20/h10-12H,2-9,15H2,1H3,(H2,16,19)(H2,17,20). The van der Waals surface area contributed by atoms with Gasteiger partial charge in [-0.3, -0.25) is 14.5 Å². The van der Waals surface area contributed by atoms with Crippen LogP contribution in [-0.2, 0) is 9.59 Å². The predicted molar refractivity (Wildman–Crippen MR) is 78.5 cm³/mol. The third kappa shape index (κ3) is 5.09. The topological polar surface area (TPSA) is 115 Å². The summed E-state index contributed by atoms with van der Waals surface area (Å²) in [5.74, 6) is 0.0807. The average molecular weight is 284 g/mol. The fourth-order valence-corrected chi connectivity index (χ4v) is 3.38. The fourth-order valence-electron chi connectivity index (χ4n) is 3.38. The van der Waals surface area contributed by atoms with Gasteiger partial charge >= 0.3 is 0 Å². The normalized spacial score (nSPS) is 26.6. The third-order valence-electron chi connectivity index (χ3n) is 4.25. The Morgan fingerprint density at radius 3 is 2.20 bits per heavy atom. The Bertz CT molecular complexity index is 319. The van der Waals surface area contributed by atoms with Crippen molar-refractivity contribution in [2.75, 3.05) is 19.6 Å². The van der Waals surface area contributed by atoms with Crippen molar-refractivity contribution in [1.82, 2.24) is 4.90 Å². The maximum absolute atomic E-state index is 11.2. The number of amides is 2. The molecule has 1 saturated carbocycles. The molecule has 6 N–H and O–H groups in total. The van der Waals surface area contributed by atoms with E-state index >= 15 is 0 Å². The highest BCUT2D eigenvalue weighted by Crippen LogP contribution is 2.34. The summed E-state index contributed by atoms with van der Waals surface area (Å²) in [6.45, 7) is 2.89. The molecule has 6 heteroatoms. The van der Waals surface area contributed by atoms with E-state index in [4.69, 9.17) is 17.2 Å². The van der Waals surface area contributed by atoms with Crippen molar-refractivity contribution in [3.63, 3.8) is 0 Å². The molecule has 1 rings (SSSR count). The molecule has 0 aromatic heterocycles. The second-order valence-corrected chi connectivity index (χ2v) is 5.87. The van der Waals surface area contributed by atoms with Gasteiger partial charge in [-0.05, 0) is 31.2 Å². The minimum Gasteiger partial charge on any atom is -0.369 e. The van der Waals surface area contributed by atoms with E-state index in [0.29, 0.717) is 18.4 Å². The van der Waals surface area contributed by atoms with Crippen LogP contribution in [0.4, 0.5) is 0 Å². The molecule has 0 radical (unpaired) electrons. The Labute approximate surface area is 121 Å². The summed E-state index contributed by atoms with van der Waals surface area (Å²) in [5, 5.41) is 0. The molecule has 0 aromatic rings. The second-order valence-electron chi connectivity index (χ2n) is 5.87. The molecule has 3 atom stereocenters. The lowest BCUT2D eigenvalue weighted by atomic mass is 9.76. The predicted octanol–water partition coefficient (Wildman–Crippen LogP) is -0.197. The van der Waals surface area contributed by atoms with Crippen molar-refractivity contribution in [2.24, 2.45) is 29.0 Å². The summed E-state index contributed by atoms with van der Waals surface area (Å²) in [6, 6.07) is 0.130. The molecule has 2 amide bonds. The maximum atomic E-state index is 11.2. The zero-order valence-electron chi connectivity index (χ0n) is 12.4. The number of carbonyl (C=O) groups is 2. The lowest BCUT2D eigenvalue weighted by Gasteiger charge is -2.41. The molecule has 0 saturated heterocycles. The zero-order chi connectivity index (χ0) is 15.1. The van der Waals surface area contributed by atoms with Crippen LogP contribution in [0.15, 0.2) is 0 Å². The molecule has 1 aliphatic carbocycles. The van der Waals surface area contributed by atoms with E-state index in [0.717, 1.165) is 19.3 Å². The van der Waals surface area contributed by atoms with E-state index in [-0.39, 0.29) is 19.1 Å². The molecule has 0 spiro atoms. The second kappa shape index (κ2) is 8.21. The number of nitrogens with zero attached hydrogens (tertiary/aromatic N) is 1. The van der Waals surface area contributed by atoms with Gasteiger partial charge in [-0.15, -0.1) is 0 Å². The van der Waals surface area contributed by atoms with Crippen molar-refractivity contribution in [3.8, 4) is 0 Å². The zero-order valence-corrected chi connectivity index (χ0v) is 12.4. The molecule has 0 heterocycles. The number of primary amides is 2. The third-order valence-corrected chi connectivity index (χ3v) is 4.25. The Kier molecular flexibility index (Phi) is 6.95. The molecule has 1 aliphatic rings. The first-order chi connectivity index (χ1) is 9.47. The smallest absolute Gasteiger partial charge is 0.231 e. The highest BCUT2D eigenvalue weighted by atomic mass is 16.2. The van der Waals surface area contributed by atoms with Gasteiger partial charge in [-0.25, -0.2) is 0 Å². The Morgan fingerprint density at radius 1 is 1.15 bits per heavy atom. The van der Waals surface area contributed by atoms with E-state index in [2.05, 4.69) is 6.92 Å².